The molecule has 1 fully saturated rings. The van der Waals surface area contributed by atoms with Gasteiger partial charge in [-0.2, -0.15) is 0 Å². The molecule has 1 aliphatic rings. The smallest absolute Gasteiger partial charge is 0.122 e. The van der Waals surface area contributed by atoms with Gasteiger partial charge in [-0.3, -0.25) is 0 Å². The van der Waals surface area contributed by atoms with E-state index in [2.05, 4.69) is 32.0 Å². The van der Waals surface area contributed by atoms with Crippen molar-refractivity contribution in [1.82, 2.24) is 0 Å². The summed E-state index contributed by atoms with van der Waals surface area (Å²) in [6.07, 6.45) is 2.52. The van der Waals surface area contributed by atoms with Gasteiger partial charge in [-0.05, 0) is 43.9 Å². The Balaban J connectivity index is 1.88. The summed E-state index contributed by atoms with van der Waals surface area (Å²) in [5.41, 5.74) is 7.97. The highest BCUT2D eigenvalue weighted by molar-refractivity contribution is 5.35. The van der Waals surface area contributed by atoms with Crippen LogP contribution in [0.25, 0.3) is 0 Å². The van der Waals surface area contributed by atoms with Crippen LogP contribution < -0.4 is 10.5 Å². The average molecular weight is 235 g/mol. The molecule has 0 radical (unpaired) electrons. The SMILES string of the molecule is Cc1ccc(C)c(OCC2CCC(CN)O2)c1. The summed E-state index contributed by atoms with van der Waals surface area (Å²) in [4.78, 5) is 0. The van der Waals surface area contributed by atoms with Crippen molar-refractivity contribution >= 4 is 0 Å². The van der Waals surface area contributed by atoms with Gasteiger partial charge in [0.1, 0.15) is 12.4 Å². The Morgan fingerprint density at radius 2 is 2.06 bits per heavy atom. The standard InChI is InChI=1S/C14H21NO2/c1-10-3-4-11(2)14(7-10)16-9-13-6-5-12(8-15)17-13/h3-4,7,12-13H,5-6,8-9,15H2,1-2H3. The lowest BCUT2D eigenvalue weighted by Crippen LogP contribution is -2.23. The molecule has 1 heterocycles. The number of hydrogen-bond donors (Lipinski definition) is 1. The zero-order chi connectivity index (χ0) is 12.3. The number of nitrogens with two attached hydrogens (primary N) is 1. The molecule has 94 valence electrons. The Kier molecular flexibility index (Phi) is 4.02. The predicted octanol–water partition coefficient (Wildman–Crippen LogP) is 2.19. The molecule has 0 aromatic heterocycles. The first kappa shape index (κ1) is 12.4. The number of hydrogen-bond acceptors (Lipinski definition) is 3. The molecule has 3 heteroatoms. The van der Waals surface area contributed by atoms with Gasteiger partial charge < -0.3 is 15.2 Å². The summed E-state index contributed by atoms with van der Waals surface area (Å²) in [7, 11) is 0. The van der Waals surface area contributed by atoms with Crippen molar-refractivity contribution in [2.45, 2.75) is 38.9 Å². The third-order valence-corrected chi connectivity index (χ3v) is 3.23. The second-order valence-electron chi connectivity index (χ2n) is 4.77. The fraction of sp³-hybridized carbons (Fsp3) is 0.571. The molecule has 0 saturated carbocycles. The number of ether oxygens (including phenoxy) is 2. The van der Waals surface area contributed by atoms with Crippen LogP contribution in [0.2, 0.25) is 0 Å². The fourth-order valence-corrected chi connectivity index (χ4v) is 2.12. The first-order valence-corrected chi connectivity index (χ1v) is 6.24. The van der Waals surface area contributed by atoms with Crippen LogP contribution in [0.15, 0.2) is 18.2 Å². The minimum absolute atomic E-state index is 0.198. The van der Waals surface area contributed by atoms with E-state index in [1.165, 1.54) is 11.1 Å². The van der Waals surface area contributed by atoms with Gasteiger partial charge in [0.2, 0.25) is 0 Å². The van der Waals surface area contributed by atoms with Crippen molar-refractivity contribution in [1.29, 1.82) is 0 Å². The second kappa shape index (κ2) is 5.52. The van der Waals surface area contributed by atoms with E-state index >= 15 is 0 Å². The molecule has 1 aliphatic heterocycles. The van der Waals surface area contributed by atoms with Crippen molar-refractivity contribution < 1.29 is 9.47 Å². The van der Waals surface area contributed by atoms with Crippen LogP contribution in [-0.2, 0) is 4.74 Å². The van der Waals surface area contributed by atoms with Crippen LogP contribution in [0, 0.1) is 13.8 Å². The largest absolute Gasteiger partial charge is 0.491 e. The quantitative estimate of drug-likeness (QED) is 0.870. The molecular weight excluding hydrogens is 214 g/mol. The van der Waals surface area contributed by atoms with Crippen LogP contribution in [0.4, 0.5) is 0 Å². The van der Waals surface area contributed by atoms with E-state index in [1.54, 1.807) is 0 Å². The lowest BCUT2D eigenvalue weighted by atomic mass is 10.1. The monoisotopic (exact) mass is 235 g/mol. The van der Waals surface area contributed by atoms with Gasteiger partial charge in [0.25, 0.3) is 0 Å². The highest BCUT2D eigenvalue weighted by Gasteiger charge is 2.24. The lowest BCUT2D eigenvalue weighted by Gasteiger charge is -2.15. The van der Waals surface area contributed by atoms with Crippen LogP contribution in [-0.4, -0.2) is 25.4 Å². The predicted molar refractivity (Wildman–Crippen MR) is 68.4 cm³/mol. The maximum atomic E-state index is 5.83. The number of rotatable bonds is 4. The maximum Gasteiger partial charge on any atom is 0.122 e. The zero-order valence-corrected chi connectivity index (χ0v) is 10.6. The molecule has 1 saturated heterocycles. The van der Waals surface area contributed by atoms with Gasteiger partial charge in [0.05, 0.1) is 12.2 Å². The van der Waals surface area contributed by atoms with E-state index in [4.69, 9.17) is 15.2 Å². The van der Waals surface area contributed by atoms with Crippen molar-refractivity contribution in [3.05, 3.63) is 29.3 Å². The summed E-state index contributed by atoms with van der Waals surface area (Å²) in [6.45, 7) is 5.37. The molecule has 0 amide bonds. The van der Waals surface area contributed by atoms with Crippen molar-refractivity contribution in [3.63, 3.8) is 0 Å². The van der Waals surface area contributed by atoms with Crippen LogP contribution in [0.5, 0.6) is 5.75 Å². The molecule has 17 heavy (non-hydrogen) atoms. The van der Waals surface area contributed by atoms with E-state index in [0.717, 1.165) is 18.6 Å². The number of aryl methyl sites for hydroxylation is 2. The normalized spacial score (nSPS) is 23.9. The maximum absolute atomic E-state index is 5.83. The van der Waals surface area contributed by atoms with Crippen LogP contribution >= 0.6 is 0 Å². The number of benzene rings is 1. The Hall–Kier alpha value is -1.06. The van der Waals surface area contributed by atoms with Crippen molar-refractivity contribution in [3.8, 4) is 5.75 Å². The summed E-state index contributed by atoms with van der Waals surface area (Å²) in [5, 5.41) is 0. The molecule has 0 spiro atoms. The van der Waals surface area contributed by atoms with E-state index < -0.39 is 0 Å². The molecule has 2 rings (SSSR count). The van der Waals surface area contributed by atoms with E-state index in [0.29, 0.717) is 13.2 Å². The molecule has 0 aliphatic carbocycles. The van der Waals surface area contributed by atoms with E-state index in [1.807, 2.05) is 0 Å². The van der Waals surface area contributed by atoms with E-state index in [-0.39, 0.29) is 12.2 Å². The third-order valence-electron chi connectivity index (χ3n) is 3.23. The van der Waals surface area contributed by atoms with Crippen molar-refractivity contribution in [2.24, 2.45) is 5.73 Å². The summed E-state index contributed by atoms with van der Waals surface area (Å²) in [6, 6.07) is 6.26. The molecular formula is C14H21NO2. The van der Waals surface area contributed by atoms with Crippen LogP contribution in [0.1, 0.15) is 24.0 Å². The van der Waals surface area contributed by atoms with E-state index in [9.17, 15) is 0 Å². The molecule has 2 N–H and O–H groups in total. The molecule has 1 aromatic carbocycles. The van der Waals surface area contributed by atoms with Crippen LogP contribution in [0.3, 0.4) is 0 Å². The summed E-state index contributed by atoms with van der Waals surface area (Å²) in [5.74, 6) is 0.963. The molecule has 2 atom stereocenters. The Morgan fingerprint density at radius 3 is 2.76 bits per heavy atom. The van der Waals surface area contributed by atoms with Gasteiger partial charge in [-0.1, -0.05) is 12.1 Å². The summed E-state index contributed by atoms with van der Waals surface area (Å²) >= 11 is 0. The van der Waals surface area contributed by atoms with Gasteiger partial charge >= 0.3 is 0 Å². The molecule has 2 unspecified atom stereocenters. The molecule has 0 bridgehead atoms. The first-order valence-electron chi connectivity index (χ1n) is 6.24. The second-order valence-corrected chi connectivity index (χ2v) is 4.77. The Labute approximate surface area is 103 Å². The highest BCUT2D eigenvalue weighted by atomic mass is 16.5. The van der Waals surface area contributed by atoms with Gasteiger partial charge in [0.15, 0.2) is 0 Å². The average Bonchev–Trinajstić information content (AvgIpc) is 2.78. The minimum atomic E-state index is 0.198. The fourth-order valence-electron chi connectivity index (χ4n) is 2.12. The molecule has 3 nitrogen and oxygen atoms in total. The molecule has 1 aromatic rings. The highest BCUT2D eigenvalue weighted by Crippen LogP contribution is 2.23. The van der Waals surface area contributed by atoms with Gasteiger partial charge in [0, 0.05) is 6.54 Å². The van der Waals surface area contributed by atoms with Gasteiger partial charge in [-0.25, -0.2) is 0 Å². The third kappa shape index (κ3) is 3.20. The topological polar surface area (TPSA) is 44.5 Å². The lowest BCUT2D eigenvalue weighted by molar-refractivity contribution is 0.0220. The van der Waals surface area contributed by atoms with Crippen molar-refractivity contribution in [2.75, 3.05) is 13.2 Å². The Bertz CT molecular complexity index is 378. The summed E-state index contributed by atoms with van der Waals surface area (Å²) < 4.78 is 11.6. The zero-order valence-electron chi connectivity index (χ0n) is 10.6. The minimum Gasteiger partial charge on any atom is -0.491 e. The Morgan fingerprint density at radius 1 is 1.29 bits per heavy atom. The first-order chi connectivity index (χ1) is 8.19. The van der Waals surface area contributed by atoms with Gasteiger partial charge in [-0.15, -0.1) is 0 Å².